The zero-order valence-corrected chi connectivity index (χ0v) is 15.0. The van der Waals surface area contributed by atoms with Gasteiger partial charge in [-0.05, 0) is 32.1 Å². The van der Waals surface area contributed by atoms with E-state index >= 15 is 0 Å². The Labute approximate surface area is 145 Å². The lowest BCUT2D eigenvalue weighted by atomic mass is 9.96. The van der Waals surface area contributed by atoms with Gasteiger partial charge in [0.1, 0.15) is 6.10 Å². The normalized spacial score (nSPS) is 23.8. The van der Waals surface area contributed by atoms with E-state index in [0.717, 1.165) is 32.2 Å². The number of carbonyl (C=O) groups excluding carboxylic acids is 2. The van der Waals surface area contributed by atoms with Crippen LogP contribution in [0.3, 0.4) is 0 Å². The lowest BCUT2D eigenvalue weighted by molar-refractivity contribution is -0.151. The summed E-state index contributed by atoms with van der Waals surface area (Å²) in [6, 6.07) is 0. The highest BCUT2D eigenvalue weighted by Crippen LogP contribution is 2.24. The van der Waals surface area contributed by atoms with E-state index in [1.807, 2.05) is 11.8 Å². The van der Waals surface area contributed by atoms with Crippen molar-refractivity contribution >= 4 is 11.8 Å². The SMILES string of the molecule is CCC(OC1CCCCC1)C(=O)N1CCCC(C(=O)NCCN)C1. The van der Waals surface area contributed by atoms with Crippen molar-refractivity contribution in [2.45, 2.75) is 70.5 Å². The minimum Gasteiger partial charge on any atom is -0.365 e. The Bertz CT molecular complexity index is 410. The molecule has 0 bridgehead atoms. The zero-order valence-electron chi connectivity index (χ0n) is 15.0. The third kappa shape index (κ3) is 5.45. The fourth-order valence-corrected chi connectivity index (χ4v) is 3.70. The Morgan fingerprint density at radius 1 is 1.21 bits per heavy atom. The summed E-state index contributed by atoms with van der Waals surface area (Å²) in [5.41, 5.74) is 5.43. The van der Waals surface area contributed by atoms with Crippen molar-refractivity contribution in [3.63, 3.8) is 0 Å². The van der Waals surface area contributed by atoms with Crippen LogP contribution in [0.4, 0.5) is 0 Å². The van der Waals surface area contributed by atoms with Crippen LogP contribution >= 0.6 is 0 Å². The summed E-state index contributed by atoms with van der Waals surface area (Å²) in [7, 11) is 0. The summed E-state index contributed by atoms with van der Waals surface area (Å²) < 4.78 is 6.11. The third-order valence-electron chi connectivity index (χ3n) is 5.10. The van der Waals surface area contributed by atoms with Gasteiger partial charge in [-0.25, -0.2) is 0 Å². The molecule has 1 aliphatic heterocycles. The second-order valence-corrected chi connectivity index (χ2v) is 7.00. The van der Waals surface area contributed by atoms with Gasteiger partial charge in [0, 0.05) is 26.2 Å². The first-order valence-corrected chi connectivity index (χ1v) is 9.57. The van der Waals surface area contributed by atoms with Crippen molar-refractivity contribution in [3.05, 3.63) is 0 Å². The molecule has 24 heavy (non-hydrogen) atoms. The molecule has 138 valence electrons. The largest absolute Gasteiger partial charge is 0.365 e. The highest BCUT2D eigenvalue weighted by Gasteiger charge is 2.32. The maximum absolute atomic E-state index is 12.8. The molecule has 1 saturated heterocycles. The van der Waals surface area contributed by atoms with Gasteiger partial charge in [-0.15, -0.1) is 0 Å². The number of hydrogen-bond acceptors (Lipinski definition) is 4. The number of carbonyl (C=O) groups is 2. The zero-order chi connectivity index (χ0) is 17.4. The van der Waals surface area contributed by atoms with Crippen molar-refractivity contribution in [2.24, 2.45) is 11.7 Å². The average Bonchev–Trinajstić information content (AvgIpc) is 2.64. The molecule has 2 amide bonds. The van der Waals surface area contributed by atoms with Gasteiger partial charge in [-0.3, -0.25) is 9.59 Å². The number of amides is 2. The van der Waals surface area contributed by atoms with E-state index in [1.54, 1.807) is 0 Å². The number of likely N-dealkylation sites (tertiary alicyclic amines) is 1. The molecule has 2 rings (SSSR count). The molecule has 1 saturated carbocycles. The van der Waals surface area contributed by atoms with Crippen molar-refractivity contribution in [2.75, 3.05) is 26.2 Å². The van der Waals surface area contributed by atoms with Gasteiger partial charge in [-0.1, -0.05) is 26.2 Å². The molecule has 0 aromatic carbocycles. The standard InChI is InChI=1S/C18H33N3O3/c1-2-16(24-15-8-4-3-5-9-15)18(23)21-12-6-7-14(13-21)17(22)20-11-10-19/h14-16H,2-13,19H2,1H3,(H,20,22). The fraction of sp³-hybridized carbons (Fsp3) is 0.889. The lowest BCUT2D eigenvalue weighted by Gasteiger charge is -2.35. The highest BCUT2D eigenvalue weighted by atomic mass is 16.5. The first-order chi connectivity index (χ1) is 11.7. The second kappa shape index (κ2) is 9.99. The molecular formula is C18H33N3O3. The van der Waals surface area contributed by atoms with E-state index in [1.165, 1.54) is 19.3 Å². The van der Waals surface area contributed by atoms with E-state index in [0.29, 0.717) is 26.1 Å². The van der Waals surface area contributed by atoms with E-state index in [2.05, 4.69) is 5.32 Å². The lowest BCUT2D eigenvalue weighted by Crippen LogP contribution is -2.49. The maximum Gasteiger partial charge on any atom is 0.251 e. The predicted molar refractivity (Wildman–Crippen MR) is 93.4 cm³/mol. The molecule has 3 N–H and O–H groups in total. The third-order valence-corrected chi connectivity index (χ3v) is 5.10. The molecule has 2 aliphatic rings. The van der Waals surface area contributed by atoms with Crippen LogP contribution in [0, 0.1) is 5.92 Å². The van der Waals surface area contributed by atoms with Crippen molar-refractivity contribution < 1.29 is 14.3 Å². The van der Waals surface area contributed by atoms with Crippen molar-refractivity contribution in [1.29, 1.82) is 0 Å². The van der Waals surface area contributed by atoms with Gasteiger partial charge >= 0.3 is 0 Å². The van der Waals surface area contributed by atoms with Crippen molar-refractivity contribution in [1.82, 2.24) is 10.2 Å². The van der Waals surface area contributed by atoms with Crippen LogP contribution in [0.15, 0.2) is 0 Å². The summed E-state index contributed by atoms with van der Waals surface area (Å²) in [5, 5.41) is 2.84. The number of hydrogen-bond donors (Lipinski definition) is 2. The number of ether oxygens (including phenoxy) is 1. The molecule has 1 heterocycles. The summed E-state index contributed by atoms with van der Waals surface area (Å²) in [5.74, 6) is -0.0555. The van der Waals surface area contributed by atoms with E-state index in [-0.39, 0.29) is 29.9 Å². The summed E-state index contributed by atoms with van der Waals surface area (Å²) in [6.07, 6.45) is 8.05. The smallest absolute Gasteiger partial charge is 0.251 e. The summed E-state index contributed by atoms with van der Waals surface area (Å²) in [6.45, 7) is 4.16. The molecule has 2 unspecified atom stereocenters. The van der Waals surface area contributed by atoms with Crippen LogP contribution in [-0.2, 0) is 14.3 Å². The number of rotatable bonds is 7. The molecule has 0 spiro atoms. The monoisotopic (exact) mass is 339 g/mol. The highest BCUT2D eigenvalue weighted by molar-refractivity contribution is 5.83. The molecule has 0 radical (unpaired) electrons. The summed E-state index contributed by atoms with van der Waals surface area (Å²) >= 11 is 0. The van der Waals surface area contributed by atoms with Crippen LogP contribution in [0.1, 0.15) is 58.3 Å². The molecule has 1 aliphatic carbocycles. The molecular weight excluding hydrogens is 306 g/mol. The van der Waals surface area contributed by atoms with E-state index in [4.69, 9.17) is 10.5 Å². The van der Waals surface area contributed by atoms with Gasteiger partial charge in [0.05, 0.1) is 12.0 Å². The number of nitrogens with two attached hydrogens (primary N) is 1. The van der Waals surface area contributed by atoms with Crippen molar-refractivity contribution in [3.8, 4) is 0 Å². The van der Waals surface area contributed by atoms with Gasteiger partial charge < -0.3 is 20.7 Å². The van der Waals surface area contributed by atoms with Gasteiger partial charge in [0.2, 0.25) is 5.91 Å². The Hall–Kier alpha value is -1.14. The van der Waals surface area contributed by atoms with Crippen LogP contribution in [-0.4, -0.2) is 55.1 Å². The molecule has 0 aromatic rings. The minimum atomic E-state index is -0.362. The number of piperidine rings is 1. The predicted octanol–water partition coefficient (Wildman–Crippen LogP) is 1.43. The Morgan fingerprint density at radius 2 is 1.96 bits per heavy atom. The Kier molecular flexibility index (Phi) is 7.99. The topological polar surface area (TPSA) is 84.7 Å². The second-order valence-electron chi connectivity index (χ2n) is 7.00. The minimum absolute atomic E-state index is 0.0131. The molecule has 0 aromatic heterocycles. The van der Waals surface area contributed by atoms with Crippen LogP contribution < -0.4 is 11.1 Å². The molecule has 6 heteroatoms. The first kappa shape index (κ1) is 19.2. The fourth-order valence-electron chi connectivity index (χ4n) is 3.70. The van der Waals surface area contributed by atoms with Crippen LogP contribution in [0.2, 0.25) is 0 Å². The number of nitrogens with zero attached hydrogens (tertiary/aromatic N) is 1. The molecule has 2 atom stereocenters. The summed E-state index contributed by atoms with van der Waals surface area (Å²) in [4.78, 5) is 26.8. The first-order valence-electron chi connectivity index (χ1n) is 9.57. The Morgan fingerprint density at radius 3 is 2.62 bits per heavy atom. The van der Waals surface area contributed by atoms with E-state index in [9.17, 15) is 9.59 Å². The van der Waals surface area contributed by atoms with Gasteiger partial charge in [0.25, 0.3) is 5.91 Å². The van der Waals surface area contributed by atoms with Crippen LogP contribution in [0.5, 0.6) is 0 Å². The Balaban J connectivity index is 1.87. The average molecular weight is 339 g/mol. The maximum atomic E-state index is 12.8. The molecule has 6 nitrogen and oxygen atoms in total. The quantitative estimate of drug-likeness (QED) is 0.735. The van der Waals surface area contributed by atoms with Crippen LogP contribution in [0.25, 0.3) is 0 Å². The number of nitrogens with one attached hydrogen (secondary N) is 1. The van der Waals surface area contributed by atoms with E-state index < -0.39 is 0 Å². The van der Waals surface area contributed by atoms with Gasteiger partial charge in [0.15, 0.2) is 0 Å². The van der Waals surface area contributed by atoms with Gasteiger partial charge in [-0.2, -0.15) is 0 Å². The molecule has 2 fully saturated rings.